The van der Waals surface area contributed by atoms with Crippen LogP contribution in [0.4, 0.5) is 0 Å². The van der Waals surface area contributed by atoms with Crippen LogP contribution in [0.3, 0.4) is 0 Å². The van der Waals surface area contributed by atoms with E-state index in [1.54, 1.807) is 0 Å². The van der Waals surface area contributed by atoms with E-state index in [9.17, 15) is 0 Å². The van der Waals surface area contributed by atoms with Crippen molar-refractivity contribution in [1.82, 2.24) is 18.3 Å². The van der Waals surface area contributed by atoms with Crippen LogP contribution in [0, 0.1) is 0 Å². The van der Waals surface area contributed by atoms with E-state index in [1.807, 2.05) is 0 Å². The Kier molecular flexibility index (Phi) is 6.41. The quantitative estimate of drug-likeness (QED) is 0.171. The predicted molar refractivity (Wildman–Crippen MR) is 244 cm³/mol. The van der Waals surface area contributed by atoms with Crippen LogP contribution in [0.2, 0.25) is 0 Å². The van der Waals surface area contributed by atoms with Crippen LogP contribution in [0.25, 0.3) is 110 Å². The molecule has 0 saturated carbocycles. The van der Waals surface area contributed by atoms with Gasteiger partial charge in [0.15, 0.2) is 0 Å². The molecule has 13 aromatic rings. The monoisotopic (exact) mass is 738 g/mol. The second-order valence-electron chi connectivity index (χ2n) is 15.3. The van der Waals surface area contributed by atoms with E-state index in [0.717, 1.165) is 28.3 Å². The van der Waals surface area contributed by atoms with E-state index >= 15 is 0 Å². The summed E-state index contributed by atoms with van der Waals surface area (Å²) < 4.78 is 9.86. The van der Waals surface area contributed by atoms with E-state index in [1.165, 1.54) is 81.7 Å². The van der Waals surface area contributed by atoms with E-state index < -0.39 is 0 Å². The third-order valence-corrected chi connectivity index (χ3v) is 12.3. The average Bonchev–Trinajstić information content (AvgIpc) is 4.01. The normalized spacial score (nSPS) is 12.1. The smallest absolute Gasteiger partial charge is 0.0724 e. The molecule has 0 fully saturated rings. The maximum Gasteiger partial charge on any atom is 0.0724 e. The molecule has 4 heterocycles. The van der Waals surface area contributed by atoms with Crippen molar-refractivity contribution in [1.29, 1.82) is 0 Å². The van der Waals surface area contributed by atoms with Gasteiger partial charge in [0.25, 0.3) is 0 Å². The van der Waals surface area contributed by atoms with Gasteiger partial charge in [0.2, 0.25) is 0 Å². The van der Waals surface area contributed by atoms with Gasteiger partial charge in [-0.2, -0.15) is 0 Å². The summed E-state index contributed by atoms with van der Waals surface area (Å²) in [7, 11) is 0. The molecule has 0 aliphatic rings. The molecule has 0 radical (unpaired) electrons. The van der Waals surface area contributed by atoms with Gasteiger partial charge < -0.3 is 18.3 Å². The highest BCUT2D eigenvalue weighted by Gasteiger charge is 2.23. The lowest BCUT2D eigenvalue weighted by Crippen LogP contribution is -2.04. The maximum atomic E-state index is 2.49. The van der Waals surface area contributed by atoms with Crippen LogP contribution in [0.5, 0.6) is 0 Å². The van der Waals surface area contributed by atoms with E-state index in [2.05, 4.69) is 225 Å². The summed E-state index contributed by atoms with van der Waals surface area (Å²) in [5.74, 6) is 0. The van der Waals surface area contributed by atoms with Crippen LogP contribution in [-0.2, 0) is 0 Å². The van der Waals surface area contributed by atoms with Gasteiger partial charge in [0, 0.05) is 54.5 Å². The fourth-order valence-corrected chi connectivity index (χ4v) is 9.95. The summed E-state index contributed by atoms with van der Waals surface area (Å²) in [6, 6.07) is 75.6. The molecule has 13 rings (SSSR count). The number of rotatable bonds is 4. The highest BCUT2D eigenvalue weighted by atomic mass is 15.1. The van der Waals surface area contributed by atoms with Crippen LogP contribution < -0.4 is 0 Å². The van der Waals surface area contributed by atoms with Gasteiger partial charge >= 0.3 is 0 Å². The highest BCUT2D eigenvalue weighted by molar-refractivity contribution is 6.16. The van der Waals surface area contributed by atoms with Gasteiger partial charge in [-0.1, -0.05) is 127 Å². The lowest BCUT2D eigenvalue weighted by Gasteiger charge is -2.18. The SMILES string of the molecule is c1ccc(-n2c3ccc(-n4c5ccccc5c5ccccc54)cc3c3cc(-n4c5ccccc5c5ccccc54)c(-n4c5ccccc5c5ccccc54)cc32)cc1. The van der Waals surface area contributed by atoms with Gasteiger partial charge in [0.05, 0.1) is 55.5 Å². The van der Waals surface area contributed by atoms with Crippen LogP contribution >= 0.6 is 0 Å². The fraction of sp³-hybridized carbons (Fsp3) is 0. The number of para-hydroxylation sites is 7. The highest BCUT2D eigenvalue weighted by Crippen LogP contribution is 2.43. The van der Waals surface area contributed by atoms with Gasteiger partial charge in [-0.05, 0) is 78.9 Å². The second kappa shape index (κ2) is 11.8. The Hall–Kier alpha value is -7.82. The molecule has 0 N–H and O–H groups in total. The minimum atomic E-state index is 1.12. The first-order valence-electron chi connectivity index (χ1n) is 20.0. The molecule has 0 saturated heterocycles. The van der Waals surface area contributed by atoms with Gasteiger partial charge in [-0.25, -0.2) is 0 Å². The number of benzene rings is 9. The zero-order chi connectivity index (χ0) is 37.9. The largest absolute Gasteiger partial charge is 0.309 e. The molecule has 0 amide bonds. The molecular formula is C54H34N4. The molecule has 0 spiro atoms. The van der Waals surface area contributed by atoms with E-state index in [4.69, 9.17) is 0 Å². The Morgan fingerprint density at radius 2 is 0.517 bits per heavy atom. The van der Waals surface area contributed by atoms with Crippen molar-refractivity contribution in [3.63, 3.8) is 0 Å². The molecule has 58 heavy (non-hydrogen) atoms. The summed E-state index contributed by atoms with van der Waals surface area (Å²) >= 11 is 0. The Bertz CT molecular complexity index is 3640. The van der Waals surface area contributed by atoms with Crippen molar-refractivity contribution in [3.05, 3.63) is 206 Å². The number of fused-ring (bicyclic) bond motifs is 12. The maximum absolute atomic E-state index is 2.49. The molecule has 0 bridgehead atoms. The lowest BCUT2D eigenvalue weighted by molar-refractivity contribution is 1.09. The summed E-state index contributed by atoms with van der Waals surface area (Å²) in [5.41, 5.74) is 14.0. The van der Waals surface area contributed by atoms with Crippen LogP contribution in [0.15, 0.2) is 206 Å². The topological polar surface area (TPSA) is 19.7 Å². The minimum Gasteiger partial charge on any atom is -0.309 e. The molecule has 0 unspecified atom stereocenters. The third-order valence-electron chi connectivity index (χ3n) is 12.3. The summed E-state index contributed by atoms with van der Waals surface area (Å²) in [6.45, 7) is 0. The molecular weight excluding hydrogens is 705 g/mol. The number of hydrogen-bond donors (Lipinski definition) is 0. The molecule has 4 nitrogen and oxygen atoms in total. The minimum absolute atomic E-state index is 1.12. The Balaban J connectivity index is 1.22. The Morgan fingerprint density at radius 3 is 0.966 bits per heavy atom. The van der Waals surface area contributed by atoms with Crippen LogP contribution in [-0.4, -0.2) is 18.3 Å². The summed E-state index contributed by atoms with van der Waals surface area (Å²) in [5, 5.41) is 9.88. The first-order valence-corrected chi connectivity index (χ1v) is 20.0. The first kappa shape index (κ1) is 31.4. The molecule has 9 aromatic carbocycles. The molecule has 4 heteroatoms. The van der Waals surface area contributed by atoms with Gasteiger partial charge in [-0.3, -0.25) is 0 Å². The molecule has 0 aliphatic heterocycles. The summed E-state index contributed by atoms with van der Waals surface area (Å²) in [4.78, 5) is 0. The zero-order valence-corrected chi connectivity index (χ0v) is 31.4. The first-order chi connectivity index (χ1) is 28.8. The van der Waals surface area contributed by atoms with Gasteiger partial charge in [-0.15, -0.1) is 0 Å². The standard InChI is InChI=1S/C54H34N4/c1-2-16-35(17-3-1)55-51-31-30-36(56-45-24-10-4-18-37(45)38-19-5-11-25-46(38)56)32-43(51)44-33-53(57-47-26-12-6-20-39(47)40-21-7-13-27-48(40)57)54(34-52(44)55)58-49-28-14-8-22-41(49)42-23-9-15-29-50(42)58/h1-34H. The number of hydrogen-bond acceptors (Lipinski definition) is 0. The lowest BCUT2D eigenvalue weighted by atomic mass is 10.1. The van der Waals surface area contributed by atoms with Crippen molar-refractivity contribution < 1.29 is 0 Å². The fourth-order valence-electron chi connectivity index (χ4n) is 9.95. The zero-order valence-electron chi connectivity index (χ0n) is 31.4. The van der Waals surface area contributed by atoms with Crippen molar-refractivity contribution in [2.45, 2.75) is 0 Å². The Labute approximate surface area is 333 Å². The average molecular weight is 739 g/mol. The van der Waals surface area contributed by atoms with Gasteiger partial charge in [0.1, 0.15) is 0 Å². The predicted octanol–water partition coefficient (Wildman–Crippen LogP) is 14.1. The molecule has 4 aromatic heterocycles. The second-order valence-corrected chi connectivity index (χ2v) is 15.3. The Morgan fingerprint density at radius 1 is 0.190 bits per heavy atom. The number of aromatic nitrogens is 4. The summed E-state index contributed by atoms with van der Waals surface area (Å²) in [6.07, 6.45) is 0. The van der Waals surface area contributed by atoms with Crippen molar-refractivity contribution >= 4 is 87.2 Å². The van der Waals surface area contributed by atoms with E-state index in [-0.39, 0.29) is 0 Å². The van der Waals surface area contributed by atoms with Crippen molar-refractivity contribution in [2.75, 3.05) is 0 Å². The molecule has 270 valence electrons. The number of nitrogens with zero attached hydrogens (tertiary/aromatic N) is 4. The van der Waals surface area contributed by atoms with E-state index in [0.29, 0.717) is 0 Å². The molecule has 0 aliphatic carbocycles. The third kappa shape index (κ3) is 4.23. The van der Waals surface area contributed by atoms with Crippen molar-refractivity contribution in [3.8, 4) is 22.7 Å². The van der Waals surface area contributed by atoms with Crippen LogP contribution in [0.1, 0.15) is 0 Å². The van der Waals surface area contributed by atoms with Crippen molar-refractivity contribution in [2.24, 2.45) is 0 Å². The molecule has 0 atom stereocenters.